The largest absolute Gasteiger partial charge is 0.491 e. The van der Waals surface area contributed by atoms with Gasteiger partial charge in [0.2, 0.25) is 0 Å². The molecule has 6 rings (SSSR count). The van der Waals surface area contributed by atoms with Gasteiger partial charge in [0.15, 0.2) is 0 Å². The molecule has 0 spiro atoms. The number of aromatic nitrogens is 1. The quantitative estimate of drug-likeness (QED) is 0.413. The molecule has 1 amide bonds. The normalized spacial score (nSPS) is 22.0. The Kier molecular flexibility index (Phi) is 6.65. The lowest BCUT2D eigenvalue weighted by Crippen LogP contribution is -2.44. The van der Waals surface area contributed by atoms with Gasteiger partial charge in [-0.25, -0.2) is 9.18 Å². The molecule has 1 saturated heterocycles. The van der Waals surface area contributed by atoms with E-state index in [1.165, 1.54) is 29.8 Å². The average Bonchev–Trinajstić information content (AvgIpc) is 3.28. The maximum atomic E-state index is 13.4. The molecule has 1 N–H and O–H groups in total. The summed E-state index contributed by atoms with van der Waals surface area (Å²) in [5.74, 6) is 0.814. The van der Waals surface area contributed by atoms with Crippen LogP contribution in [0.5, 0.6) is 5.75 Å². The van der Waals surface area contributed by atoms with E-state index < -0.39 is 6.09 Å². The van der Waals surface area contributed by atoms with Gasteiger partial charge in [0.1, 0.15) is 23.4 Å². The standard InChI is InChI=1S/C29H28ClFN2O4/c30-19-3-10-26-25(17-19)24-11-14-33(29(34)37-22-8-4-20(31)5-9-22)28(27(24)32-26)18-1-6-21(7-2-18)36-23-12-15-35-16-13-23/h1,3-10,17-18,23,28,32H,2,11-16H2/t18?,28-/m0/s1. The molecule has 0 saturated carbocycles. The molecule has 8 heteroatoms. The second-order valence-electron chi connectivity index (χ2n) is 9.71. The zero-order chi connectivity index (χ0) is 25.4. The minimum Gasteiger partial charge on any atom is -0.491 e. The molecule has 0 radical (unpaired) electrons. The smallest absolute Gasteiger partial charge is 0.415 e. The Labute approximate surface area is 219 Å². The van der Waals surface area contributed by atoms with Gasteiger partial charge in [0.25, 0.3) is 0 Å². The van der Waals surface area contributed by atoms with E-state index in [0.29, 0.717) is 23.7 Å². The van der Waals surface area contributed by atoms with Crippen LogP contribution in [0.1, 0.15) is 36.6 Å². The third-order valence-corrected chi connectivity index (χ3v) is 7.60. The Morgan fingerprint density at radius 1 is 1.14 bits per heavy atom. The summed E-state index contributed by atoms with van der Waals surface area (Å²) in [6.07, 6.45) is 9.14. The summed E-state index contributed by atoms with van der Waals surface area (Å²) in [5.41, 5.74) is 3.17. The molecule has 192 valence electrons. The number of allylic oxidation sites excluding steroid dienone is 2. The van der Waals surface area contributed by atoms with Crippen LogP contribution in [0.15, 0.2) is 66.5 Å². The van der Waals surface area contributed by atoms with Gasteiger partial charge in [-0.05, 0) is 73.0 Å². The summed E-state index contributed by atoms with van der Waals surface area (Å²) in [6, 6.07) is 11.0. The van der Waals surface area contributed by atoms with Gasteiger partial charge in [0, 0.05) is 46.9 Å². The van der Waals surface area contributed by atoms with E-state index in [9.17, 15) is 9.18 Å². The number of nitrogens with one attached hydrogen (secondary N) is 1. The lowest BCUT2D eigenvalue weighted by Gasteiger charge is -2.39. The number of nitrogens with zero attached hydrogens (tertiary/aromatic N) is 1. The molecule has 1 unspecified atom stereocenters. The number of fused-ring (bicyclic) bond motifs is 3. The molecule has 2 atom stereocenters. The first-order chi connectivity index (χ1) is 18.0. The fourth-order valence-corrected chi connectivity index (χ4v) is 5.70. The van der Waals surface area contributed by atoms with Gasteiger partial charge in [-0.15, -0.1) is 0 Å². The van der Waals surface area contributed by atoms with Crippen LogP contribution in [0.25, 0.3) is 10.9 Å². The lowest BCUT2D eigenvalue weighted by molar-refractivity contribution is -0.00139. The van der Waals surface area contributed by atoms with E-state index in [-0.39, 0.29) is 23.9 Å². The van der Waals surface area contributed by atoms with Gasteiger partial charge < -0.3 is 19.2 Å². The fourth-order valence-electron chi connectivity index (χ4n) is 5.53. The summed E-state index contributed by atoms with van der Waals surface area (Å²) in [5, 5.41) is 1.76. The summed E-state index contributed by atoms with van der Waals surface area (Å²) in [7, 11) is 0. The minimum absolute atomic E-state index is 0.0189. The van der Waals surface area contributed by atoms with Crippen molar-refractivity contribution in [2.75, 3.05) is 19.8 Å². The van der Waals surface area contributed by atoms with Crippen LogP contribution in [0.4, 0.5) is 9.18 Å². The molecule has 1 fully saturated rings. The van der Waals surface area contributed by atoms with Crippen molar-refractivity contribution in [2.45, 2.75) is 37.8 Å². The van der Waals surface area contributed by atoms with Crippen LogP contribution in [-0.2, 0) is 15.9 Å². The highest BCUT2D eigenvalue weighted by molar-refractivity contribution is 6.31. The van der Waals surface area contributed by atoms with Crippen LogP contribution in [-0.4, -0.2) is 41.8 Å². The Hall–Kier alpha value is -3.29. The maximum Gasteiger partial charge on any atom is 0.415 e. The highest BCUT2D eigenvalue weighted by atomic mass is 35.5. The first-order valence-corrected chi connectivity index (χ1v) is 13.1. The first kappa shape index (κ1) is 24.1. The van der Waals surface area contributed by atoms with Crippen molar-refractivity contribution in [1.29, 1.82) is 0 Å². The molecule has 1 aromatic heterocycles. The van der Waals surface area contributed by atoms with E-state index in [0.717, 1.165) is 54.8 Å². The van der Waals surface area contributed by atoms with Crippen LogP contribution < -0.4 is 4.74 Å². The number of carbonyl (C=O) groups is 1. The van der Waals surface area contributed by atoms with E-state index in [1.807, 2.05) is 24.3 Å². The summed E-state index contributed by atoms with van der Waals surface area (Å²) in [4.78, 5) is 18.8. The van der Waals surface area contributed by atoms with Crippen molar-refractivity contribution >= 4 is 28.6 Å². The van der Waals surface area contributed by atoms with Crippen molar-refractivity contribution in [1.82, 2.24) is 9.88 Å². The molecule has 37 heavy (non-hydrogen) atoms. The second-order valence-corrected chi connectivity index (χ2v) is 10.1. The van der Waals surface area contributed by atoms with Gasteiger partial charge in [-0.3, -0.25) is 4.90 Å². The molecule has 1 aliphatic carbocycles. The molecular weight excluding hydrogens is 495 g/mol. The third kappa shape index (κ3) is 4.98. The molecule has 2 aliphatic heterocycles. The third-order valence-electron chi connectivity index (χ3n) is 7.36. The van der Waals surface area contributed by atoms with Crippen molar-refractivity contribution in [2.24, 2.45) is 5.92 Å². The number of ether oxygens (including phenoxy) is 3. The number of amides is 1. The summed E-state index contributed by atoms with van der Waals surface area (Å²) < 4.78 is 30.7. The van der Waals surface area contributed by atoms with Crippen molar-refractivity contribution in [3.63, 3.8) is 0 Å². The number of benzene rings is 2. The van der Waals surface area contributed by atoms with Crippen molar-refractivity contribution in [3.05, 3.63) is 88.5 Å². The van der Waals surface area contributed by atoms with Crippen molar-refractivity contribution < 1.29 is 23.4 Å². The molecule has 6 nitrogen and oxygen atoms in total. The van der Waals surface area contributed by atoms with Crippen molar-refractivity contribution in [3.8, 4) is 5.75 Å². The molecule has 3 heterocycles. The Morgan fingerprint density at radius 3 is 2.70 bits per heavy atom. The number of halogens is 2. The van der Waals surface area contributed by atoms with Gasteiger partial charge in [-0.2, -0.15) is 0 Å². The second kappa shape index (κ2) is 10.2. The highest BCUT2D eigenvalue weighted by Crippen LogP contribution is 2.42. The van der Waals surface area contributed by atoms with Crippen LogP contribution >= 0.6 is 11.6 Å². The average molecular weight is 523 g/mol. The lowest BCUT2D eigenvalue weighted by atomic mass is 9.84. The topological polar surface area (TPSA) is 63.8 Å². The van der Waals surface area contributed by atoms with Gasteiger partial charge >= 0.3 is 6.09 Å². The zero-order valence-electron chi connectivity index (χ0n) is 20.3. The van der Waals surface area contributed by atoms with E-state index in [1.54, 1.807) is 4.90 Å². The van der Waals surface area contributed by atoms with Crippen LogP contribution in [0, 0.1) is 11.7 Å². The van der Waals surface area contributed by atoms with E-state index in [2.05, 4.69) is 17.1 Å². The molecule has 0 bridgehead atoms. The van der Waals surface area contributed by atoms with Crippen LogP contribution in [0.2, 0.25) is 5.02 Å². The number of carbonyl (C=O) groups excluding carboxylic acids is 1. The predicted molar refractivity (Wildman–Crippen MR) is 139 cm³/mol. The predicted octanol–water partition coefficient (Wildman–Crippen LogP) is 6.71. The number of rotatable bonds is 4. The molecule has 2 aromatic carbocycles. The highest BCUT2D eigenvalue weighted by Gasteiger charge is 2.39. The molecular formula is C29H28ClFN2O4. The van der Waals surface area contributed by atoms with Gasteiger partial charge in [-0.1, -0.05) is 17.7 Å². The number of aromatic amines is 1. The zero-order valence-corrected chi connectivity index (χ0v) is 21.0. The monoisotopic (exact) mass is 522 g/mol. The Balaban J connectivity index is 1.29. The Bertz CT molecular complexity index is 1360. The van der Waals surface area contributed by atoms with Gasteiger partial charge in [0.05, 0.1) is 19.3 Å². The summed E-state index contributed by atoms with van der Waals surface area (Å²) >= 11 is 6.31. The van der Waals surface area contributed by atoms with E-state index in [4.69, 9.17) is 25.8 Å². The molecule has 3 aromatic rings. The molecule has 3 aliphatic rings. The first-order valence-electron chi connectivity index (χ1n) is 12.7. The number of hydrogen-bond acceptors (Lipinski definition) is 4. The van der Waals surface area contributed by atoms with E-state index >= 15 is 0 Å². The Morgan fingerprint density at radius 2 is 1.95 bits per heavy atom. The number of hydrogen-bond donors (Lipinski definition) is 1. The fraction of sp³-hybridized carbons (Fsp3) is 0.345. The van der Waals surface area contributed by atoms with Crippen LogP contribution in [0.3, 0.4) is 0 Å². The minimum atomic E-state index is -0.458. The SMILES string of the molecule is O=C(Oc1ccc(F)cc1)N1CCc2c([nH]c3ccc(Cl)cc23)[C@@H]1C1C=CC(OC2CCOCC2)=CC1. The number of H-pyrrole nitrogens is 1. The maximum absolute atomic E-state index is 13.4. The summed E-state index contributed by atoms with van der Waals surface area (Å²) in [6.45, 7) is 1.95.